The fourth-order valence-electron chi connectivity index (χ4n) is 2.72. The van der Waals surface area contributed by atoms with Gasteiger partial charge in [-0.05, 0) is 36.2 Å². The molecule has 1 aromatic carbocycles. The van der Waals surface area contributed by atoms with E-state index in [-0.39, 0.29) is 11.2 Å². The van der Waals surface area contributed by atoms with Crippen LogP contribution >= 0.6 is 11.8 Å². The van der Waals surface area contributed by atoms with Gasteiger partial charge in [0.05, 0.1) is 31.4 Å². The minimum Gasteiger partial charge on any atom is -0.497 e. The Kier molecular flexibility index (Phi) is 6.70. The largest absolute Gasteiger partial charge is 0.497 e. The standard InChI is InChI=1S/C20H23N3O3S/c1-3-4-7-18-19(24)23(14-15-8-10-16(25-2)11-9-15)20(27-18)22-21-13-17-6-5-12-26-17/h5-6,8-13,18H,3-4,7,14H2,1-2H3/b21-13-,22-20+/t18-/m0/s1. The number of furan rings is 1. The third-order valence-electron chi connectivity index (χ3n) is 4.21. The zero-order chi connectivity index (χ0) is 19.1. The number of hydrogen-bond acceptors (Lipinski definition) is 6. The predicted molar refractivity (Wildman–Crippen MR) is 108 cm³/mol. The zero-order valence-electron chi connectivity index (χ0n) is 15.5. The summed E-state index contributed by atoms with van der Waals surface area (Å²) >= 11 is 1.49. The molecule has 1 aromatic heterocycles. The van der Waals surface area contributed by atoms with Gasteiger partial charge in [0, 0.05) is 0 Å². The highest BCUT2D eigenvalue weighted by atomic mass is 32.2. The number of carbonyl (C=O) groups excluding carboxylic acids is 1. The quantitative estimate of drug-likeness (QED) is 0.501. The van der Waals surface area contributed by atoms with Crippen molar-refractivity contribution in [3.05, 3.63) is 54.0 Å². The third kappa shape index (κ3) is 5.01. The molecule has 1 aliphatic rings. The number of thioether (sulfide) groups is 1. The third-order valence-corrected chi connectivity index (χ3v) is 5.45. The van der Waals surface area contributed by atoms with Crippen LogP contribution in [0.1, 0.15) is 37.5 Å². The molecule has 142 valence electrons. The lowest BCUT2D eigenvalue weighted by Gasteiger charge is -2.16. The van der Waals surface area contributed by atoms with Crippen molar-refractivity contribution in [3.63, 3.8) is 0 Å². The van der Waals surface area contributed by atoms with Gasteiger partial charge in [-0.25, -0.2) is 0 Å². The number of unbranched alkanes of at least 4 members (excludes halogenated alkanes) is 1. The Morgan fingerprint density at radius 3 is 2.78 bits per heavy atom. The molecule has 3 rings (SSSR count). The number of nitrogens with zero attached hydrogens (tertiary/aromatic N) is 3. The lowest BCUT2D eigenvalue weighted by molar-refractivity contribution is -0.126. The van der Waals surface area contributed by atoms with Crippen molar-refractivity contribution in [2.75, 3.05) is 7.11 Å². The Morgan fingerprint density at radius 2 is 2.11 bits per heavy atom. The SMILES string of the molecule is CCCC[C@@H]1S/C(=N/N=C\c2ccco2)N(Cc2ccc(OC)cc2)C1=O. The molecular formula is C20H23N3O3S. The van der Waals surface area contributed by atoms with E-state index in [1.165, 1.54) is 11.8 Å². The van der Waals surface area contributed by atoms with E-state index < -0.39 is 0 Å². The van der Waals surface area contributed by atoms with E-state index in [2.05, 4.69) is 17.1 Å². The second-order valence-electron chi connectivity index (χ2n) is 6.16. The molecule has 0 N–H and O–H groups in total. The van der Waals surface area contributed by atoms with Crippen LogP contribution in [0.15, 0.2) is 57.3 Å². The molecule has 2 aromatic rings. The summed E-state index contributed by atoms with van der Waals surface area (Å²) in [5.41, 5.74) is 1.02. The van der Waals surface area contributed by atoms with Gasteiger partial charge in [-0.2, -0.15) is 5.10 Å². The second kappa shape index (κ2) is 9.41. The highest BCUT2D eigenvalue weighted by molar-refractivity contribution is 8.15. The summed E-state index contributed by atoms with van der Waals surface area (Å²) in [7, 11) is 1.63. The van der Waals surface area contributed by atoms with E-state index in [0.29, 0.717) is 17.5 Å². The first-order valence-corrected chi connectivity index (χ1v) is 9.84. The highest BCUT2D eigenvalue weighted by Gasteiger charge is 2.37. The molecule has 0 radical (unpaired) electrons. The molecule has 0 saturated carbocycles. The van der Waals surface area contributed by atoms with E-state index in [0.717, 1.165) is 30.6 Å². The molecule has 1 aliphatic heterocycles. The van der Waals surface area contributed by atoms with Crippen LogP contribution in [0.5, 0.6) is 5.75 Å². The molecule has 0 aliphatic carbocycles. The molecule has 1 fully saturated rings. The molecule has 1 atom stereocenters. The molecule has 0 bridgehead atoms. The minimum absolute atomic E-state index is 0.0937. The van der Waals surface area contributed by atoms with Crippen LogP contribution in [0.2, 0.25) is 0 Å². The van der Waals surface area contributed by atoms with E-state index >= 15 is 0 Å². The Balaban J connectivity index is 1.77. The number of methoxy groups -OCH3 is 1. The molecule has 0 spiro atoms. The van der Waals surface area contributed by atoms with Gasteiger partial charge in [-0.15, -0.1) is 5.10 Å². The van der Waals surface area contributed by atoms with Crippen LogP contribution in [0.4, 0.5) is 0 Å². The number of carbonyl (C=O) groups is 1. The average Bonchev–Trinajstić information content (AvgIpc) is 3.31. The lowest BCUT2D eigenvalue weighted by Crippen LogP contribution is -2.31. The summed E-state index contributed by atoms with van der Waals surface area (Å²) in [4.78, 5) is 14.6. The Labute approximate surface area is 163 Å². The predicted octanol–water partition coefficient (Wildman–Crippen LogP) is 4.31. The Hall–Kier alpha value is -2.54. The summed E-state index contributed by atoms with van der Waals surface area (Å²) in [6.07, 6.45) is 6.05. The average molecular weight is 385 g/mol. The van der Waals surface area contributed by atoms with Crippen LogP contribution in [0, 0.1) is 0 Å². The van der Waals surface area contributed by atoms with E-state index in [1.54, 1.807) is 36.6 Å². The maximum atomic E-state index is 12.9. The monoisotopic (exact) mass is 385 g/mol. The summed E-state index contributed by atoms with van der Waals surface area (Å²) in [6, 6.07) is 11.3. The molecule has 27 heavy (non-hydrogen) atoms. The summed E-state index contributed by atoms with van der Waals surface area (Å²) in [5.74, 6) is 1.51. The molecule has 1 amide bonds. The van der Waals surface area contributed by atoms with Crippen molar-refractivity contribution >= 4 is 29.1 Å². The van der Waals surface area contributed by atoms with Gasteiger partial charge in [0.25, 0.3) is 0 Å². The Morgan fingerprint density at radius 1 is 1.30 bits per heavy atom. The van der Waals surface area contributed by atoms with Gasteiger partial charge < -0.3 is 9.15 Å². The molecule has 0 unspecified atom stereocenters. The van der Waals surface area contributed by atoms with Gasteiger partial charge in [-0.3, -0.25) is 9.69 Å². The van der Waals surface area contributed by atoms with Crippen molar-refractivity contribution in [2.45, 2.75) is 38.0 Å². The first-order chi connectivity index (χ1) is 13.2. The molecule has 7 heteroatoms. The lowest BCUT2D eigenvalue weighted by atomic mass is 10.1. The van der Waals surface area contributed by atoms with Crippen molar-refractivity contribution in [1.29, 1.82) is 0 Å². The maximum Gasteiger partial charge on any atom is 0.242 e. The number of hydrogen-bond donors (Lipinski definition) is 0. The number of benzene rings is 1. The van der Waals surface area contributed by atoms with Crippen molar-refractivity contribution in [1.82, 2.24) is 4.90 Å². The minimum atomic E-state index is -0.0965. The van der Waals surface area contributed by atoms with Crippen LogP contribution < -0.4 is 4.74 Å². The smallest absolute Gasteiger partial charge is 0.242 e. The van der Waals surface area contributed by atoms with E-state index in [1.807, 2.05) is 24.3 Å². The second-order valence-corrected chi connectivity index (χ2v) is 7.33. The van der Waals surface area contributed by atoms with E-state index in [9.17, 15) is 4.79 Å². The molecule has 2 heterocycles. The number of ether oxygens (including phenoxy) is 1. The fourth-order valence-corrected chi connectivity index (χ4v) is 3.86. The molecule has 6 nitrogen and oxygen atoms in total. The summed E-state index contributed by atoms with van der Waals surface area (Å²) < 4.78 is 10.4. The zero-order valence-corrected chi connectivity index (χ0v) is 16.3. The van der Waals surface area contributed by atoms with Gasteiger partial charge >= 0.3 is 0 Å². The van der Waals surface area contributed by atoms with Crippen LogP contribution in [0.25, 0.3) is 0 Å². The number of amidine groups is 1. The van der Waals surface area contributed by atoms with Crippen LogP contribution in [-0.2, 0) is 11.3 Å². The van der Waals surface area contributed by atoms with Gasteiger partial charge in [0.15, 0.2) is 5.17 Å². The van der Waals surface area contributed by atoms with Crippen molar-refractivity contribution < 1.29 is 13.9 Å². The normalized spacial score (nSPS) is 18.7. The summed E-state index contributed by atoms with van der Waals surface area (Å²) in [5, 5.41) is 8.91. The topological polar surface area (TPSA) is 67.4 Å². The highest BCUT2D eigenvalue weighted by Crippen LogP contribution is 2.32. The molecular weight excluding hydrogens is 362 g/mol. The summed E-state index contributed by atoms with van der Waals surface area (Å²) in [6.45, 7) is 2.59. The maximum absolute atomic E-state index is 12.9. The van der Waals surface area contributed by atoms with Gasteiger partial charge in [0.1, 0.15) is 11.5 Å². The first-order valence-electron chi connectivity index (χ1n) is 8.96. The van der Waals surface area contributed by atoms with Gasteiger partial charge in [-0.1, -0.05) is 43.7 Å². The molecule has 1 saturated heterocycles. The number of amides is 1. The Bertz CT molecular complexity index is 800. The fraction of sp³-hybridized carbons (Fsp3) is 0.350. The number of rotatable bonds is 8. The first kappa shape index (κ1) is 19.2. The van der Waals surface area contributed by atoms with Gasteiger partial charge in [0.2, 0.25) is 5.91 Å². The van der Waals surface area contributed by atoms with Crippen molar-refractivity contribution in [2.24, 2.45) is 10.2 Å². The van der Waals surface area contributed by atoms with Crippen LogP contribution in [0.3, 0.4) is 0 Å². The van der Waals surface area contributed by atoms with E-state index in [4.69, 9.17) is 9.15 Å². The van der Waals surface area contributed by atoms with Crippen molar-refractivity contribution in [3.8, 4) is 5.75 Å². The van der Waals surface area contributed by atoms with Crippen LogP contribution in [-0.4, -0.2) is 34.5 Å².